The lowest BCUT2D eigenvalue weighted by Gasteiger charge is -2.39. The van der Waals surface area contributed by atoms with Crippen molar-refractivity contribution in [3.05, 3.63) is 0 Å². The van der Waals surface area contributed by atoms with Crippen LogP contribution in [0.15, 0.2) is 0 Å². The summed E-state index contributed by atoms with van der Waals surface area (Å²) < 4.78 is 11.5. The van der Waals surface area contributed by atoms with Crippen LogP contribution in [-0.2, 0) is 14.0 Å². The predicted molar refractivity (Wildman–Crippen MR) is 129 cm³/mol. The fourth-order valence-electron chi connectivity index (χ4n) is 3.46. The van der Waals surface area contributed by atoms with Crippen LogP contribution in [-0.4, -0.2) is 27.5 Å². The van der Waals surface area contributed by atoms with Gasteiger partial charge in [0, 0.05) is 12.5 Å². The Morgan fingerprint density at radius 1 is 0.793 bits per heavy atom. The normalized spacial score (nSPS) is 13.5. The second-order valence-electron chi connectivity index (χ2n) is 10.3. The average Bonchev–Trinajstić information content (AvgIpc) is 2.64. The van der Waals surface area contributed by atoms with Crippen LogP contribution < -0.4 is 0 Å². The molecule has 0 aliphatic heterocycles. The fourth-order valence-corrected chi connectivity index (χ4v) is 4.88. The van der Waals surface area contributed by atoms with E-state index in [2.05, 4.69) is 40.8 Å². The first-order valence-electron chi connectivity index (χ1n) is 12.4. The van der Waals surface area contributed by atoms with Crippen molar-refractivity contribution in [1.29, 1.82) is 0 Å². The predicted octanol–water partition coefficient (Wildman–Crippen LogP) is 8.42. The molecule has 0 aromatic heterocycles. The van der Waals surface area contributed by atoms with Gasteiger partial charge in [-0.2, -0.15) is 0 Å². The number of hydrogen-bond donors (Lipinski definition) is 0. The number of hydrogen-bond acceptors (Lipinski definition) is 3. The lowest BCUT2D eigenvalue weighted by atomic mass is 10.0. The van der Waals surface area contributed by atoms with Crippen molar-refractivity contribution in [2.75, 3.05) is 7.11 Å². The van der Waals surface area contributed by atoms with Crippen molar-refractivity contribution < 1.29 is 14.0 Å². The molecule has 29 heavy (non-hydrogen) atoms. The molecule has 0 aromatic carbocycles. The Hall–Kier alpha value is -0.353. The molecule has 0 aromatic rings. The molecule has 1 unspecified atom stereocenters. The first kappa shape index (κ1) is 28.6. The summed E-state index contributed by atoms with van der Waals surface area (Å²) in [5.41, 5.74) is 0. The molecular weight excluding hydrogens is 376 g/mol. The van der Waals surface area contributed by atoms with Crippen LogP contribution in [0.25, 0.3) is 0 Å². The molecule has 0 N–H and O–H groups in total. The van der Waals surface area contributed by atoms with E-state index in [1.54, 1.807) is 0 Å². The van der Waals surface area contributed by atoms with Gasteiger partial charge in [0.1, 0.15) is 0 Å². The van der Waals surface area contributed by atoms with E-state index in [0.717, 1.165) is 25.7 Å². The van der Waals surface area contributed by atoms with E-state index < -0.39 is 8.32 Å². The SMILES string of the molecule is CCCCCCCCCCCC(CCCCCC(=O)OC)O[Si](C)(C)C(C)(C)C. The number of methoxy groups -OCH3 is 1. The third kappa shape index (κ3) is 15.1. The van der Waals surface area contributed by atoms with E-state index in [0.29, 0.717) is 12.5 Å². The zero-order chi connectivity index (χ0) is 22.2. The van der Waals surface area contributed by atoms with Crippen molar-refractivity contribution >= 4 is 14.3 Å². The molecule has 0 saturated carbocycles. The van der Waals surface area contributed by atoms with Gasteiger partial charge in [0.15, 0.2) is 8.32 Å². The summed E-state index contributed by atoms with van der Waals surface area (Å²) in [6.07, 6.45) is 18.8. The van der Waals surface area contributed by atoms with Crippen molar-refractivity contribution in [2.24, 2.45) is 0 Å². The Kier molecular flexibility index (Phi) is 16.2. The summed E-state index contributed by atoms with van der Waals surface area (Å²) in [5.74, 6) is -0.0891. The molecule has 0 amide bonds. The number of carbonyl (C=O) groups excluding carboxylic acids is 1. The second-order valence-corrected chi connectivity index (χ2v) is 15.0. The number of esters is 1. The van der Waals surface area contributed by atoms with Gasteiger partial charge in [-0.15, -0.1) is 0 Å². The smallest absolute Gasteiger partial charge is 0.305 e. The maximum atomic E-state index is 11.3. The minimum absolute atomic E-state index is 0.0891. The third-order valence-corrected chi connectivity index (χ3v) is 11.1. The molecule has 0 heterocycles. The van der Waals surface area contributed by atoms with Crippen LogP contribution in [0.5, 0.6) is 0 Å². The summed E-state index contributed by atoms with van der Waals surface area (Å²) in [5, 5.41) is 0.259. The molecule has 3 nitrogen and oxygen atoms in total. The van der Waals surface area contributed by atoms with Crippen LogP contribution in [0.1, 0.15) is 124 Å². The molecule has 1 atom stereocenters. The molecule has 0 rings (SSSR count). The maximum Gasteiger partial charge on any atom is 0.305 e. The molecule has 4 heteroatoms. The summed E-state index contributed by atoms with van der Waals surface area (Å²) in [7, 11) is -0.259. The molecule has 0 bridgehead atoms. The van der Waals surface area contributed by atoms with Crippen molar-refractivity contribution in [3.8, 4) is 0 Å². The van der Waals surface area contributed by atoms with Gasteiger partial charge in [0.25, 0.3) is 0 Å². The quantitative estimate of drug-likeness (QED) is 0.125. The fraction of sp³-hybridized carbons (Fsp3) is 0.960. The highest BCUT2D eigenvalue weighted by molar-refractivity contribution is 6.74. The summed E-state index contributed by atoms with van der Waals surface area (Å²) in [4.78, 5) is 11.3. The Balaban J connectivity index is 4.23. The van der Waals surface area contributed by atoms with Gasteiger partial charge in [-0.25, -0.2) is 0 Å². The van der Waals surface area contributed by atoms with E-state index in [4.69, 9.17) is 9.16 Å². The van der Waals surface area contributed by atoms with Crippen molar-refractivity contribution in [1.82, 2.24) is 0 Å². The van der Waals surface area contributed by atoms with E-state index in [1.165, 1.54) is 71.3 Å². The Bertz CT molecular complexity index is 401. The summed E-state index contributed by atoms with van der Waals surface area (Å²) in [6, 6.07) is 0. The van der Waals surface area contributed by atoms with Gasteiger partial charge in [-0.1, -0.05) is 98.3 Å². The summed E-state index contributed by atoms with van der Waals surface area (Å²) >= 11 is 0. The number of rotatable bonds is 18. The minimum Gasteiger partial charge on any atom is -0.469 e. The van der Waals surface area contributed by atoms with Gasteiger partial charge in [0.05, 0.1) is 7.11 Å². The standard InChI is InChI=1S/C25H52O3Si/c1-8-9-10-11-12-13-14-15-17-20-23(28-29(6,7)25(2,3)4)21-18-16-19-22-24(26)27-5/h23H,8-22H2,1-7H3. The monoisotopic (exact) mass is 428 g/mol. The van der Waals surface area contributed by atoms with Crippen LogP contribution in [0.4, 0.5) is 0 Å². The first-order chi connectivity index (χ1) is 13.6. The summed E-state index contributed by atoms with van der Waals surface area (Å²) in [6.45, 7) is 14.0. The lowest BCUT2D eigenvalue weighted by molar-refractivity contribution is -0.140. The molecule has 0 aliphatic rings. The number of unbranched alkanes of at least 4 members (excludes halogenated alkanes) is 10. The molecule has 0 spiro atoms. The molecule has 0 fully saturated rings. The van der Waals surface area contributed by atoms with Crippen LogP contribution in [0, 0.1) is 0 Å². The molecule has 0 radical (unpaired) electrons. The van der Waals surface area contributed by atoms with Gasteiger partial charge < -0.3 is 9.16 Å². The van der Waals surface area contributed by atoms with Gasteiger partial charge in [0.2, 0.25) is 0 Å². The highest BCUT2D eigenvalue weighted by Crippen LogP contribution is 2.38. The highest BCUT2D eigenvalue weighted by atomic mass is 28.4. The third-order valence-electron chi connectivity index (χ3n) is 6.53. The molecular formula is C25H52O3Si. The molecule has 0 aliphatic carbocycles. The van der Waals surface area contributed by atoms with Crippen molar-refractivity contribution in [3.63, 3.8) is 0 Å². The Labute approximate surface area is 183 Å². The lowest BCUT2D eigenvalue weighted by Crippen LogP contribution is -2.44. The van der Waals surface area contributed by atoms with Gasteiger partial charge in [-0.05, 0) is 37.4 Å². The van der Waals surface area contributed by atoms with E-state index in [1.807, 2.05) is 0 Å². The maximum absolute atomic E-state index is 11.3. The van der Waals surface area contributed by atoms with Gasteiger partial charge >= 0.3 is 5.97 Å². The zero-order valence-electron chi connectivity index (χ0n) is 20.9. The topological polar surface area (TPSA) is 35.5 Å². The average molecular weight is 429 g/mol. The molecule has 174 valence electrons. The van der Waals surface area contributed by atoms with E-state index in [9.17, 15) is 4.79 Å². The van der Waals surface area contributed by atoms with Crippen LogP contribution >= 0.6 is 0 Å². The highest BCUT2D eigenvalue weighted by Gasteiger charge is 2.38. The van der Waals surface area contributed by atoms with Crippen LogP contribution in [0.2, 0.25) is 18.1 Å². The minimum atomic E-state index is -1.73. The van der Waals surface area contributed by atoms with Gasteiger partial charge in [-0.3, -0.25) is 4.79 Å². The van der Waals surface area contributed by atoms with E-state index >= 15 is 0 Å². The van der Waals surface area contributed by atoms with E-state index in [-0.39, 0.29) is 11.0 Å². The van der Waals surface area contributed by atoms with Crippen LogP contribution in [0.3, 0.4) is 0 Å². The van der Waals surface area contributed by atoms with Crippen molar-refractivity contribution in [2.45, 2.75) is 148 Å². The largest absolute Gasteiger partial charge is 0.469 e. The Morgan fingerprint density at radius 3 is 1.69 bits per heavy atom. The zero-order valence-corrected chi connectivity index (χ0v) is 21.9. The Morgan fingerprint density at radius 2 is 1.24 bits per heavy atom. The first-order valence-corrected chi connectivity index (χ1v) is 15.3. The number of carbonyl (C=O) groups is 1. The second kappa shape index (κ2) is 16.4. The number of ether oxygens (including phenoxy) is 1. The molecule has 0 saturated heterocycles.